The van der Waals surface area contributed by atoms with Crippen LogP contribution in [-0.2, 0) is 6.54 Å². The van der Waals surface area contributed by atoms with Crippen molar-refractivity contribution in [2.24, 2.45) is 0 Å². The number of anilines is 2. The summed E-state index contributed by atoms with van der Waals surface area (Å²) in [5.74, 6) is -2.06. The monoisotopic (exact) mass is 354 g/mol. The second-order valence-electron chi connectivity index (χ2n) is 5.73. The molecule has 0 atom stereocenters. The summed E-state index contributed by atoms with van der Waals surface area (Å²) in [6.45, 7) is 2.60. The molecule has 1 amide bonds. The smallest absolute Gasteiger partial charge is 0.276 e. The van der Waals surface area contributed by atoms with Gasteiger partial charge in [0.15, 0.2) is 17.3 Å². The second-order valence-corrected chi connectivity index (χ2v) is 5.73. The molecule has 26 heavy (non-hydrogen) atoms. The van der Waals surface area contributed by atoms with Crippen molar-refractivity contribution in [2.45, 2.75) is 13.5 Å². The van der Waals surface area contributed by atoms with Gasteiger partial charge in [-0.05, 0) is 36.8 Å². The van der Waals surface area contributed by atoms with E-state index in [2.05, 4.69) is 20.8 Å². The fraction of sp³-hybridized carbons (Fsp3) is 0.105. The van der Waals surface area contributed by atoms with Crippen molar-refractivity contribution in [1.29, 1.82) is 0 Å². The Kier molecular flexibility index (Phi) is 5.17. The van der Waals surface area contributed by atoms with E-state index in [1.54, 1.807) is 6.07 Å². The highest BCUT2D eigenvalue weighted by Gasteiger charge is 2.10. The molecule has 3 aromatic rings. The molecule has 0 fully saturated rings. The van der Waals surface area contributed by atoms with Crippen LogP contribution in [0.25, 0.3) is 0 Å². The van der Waals surface area contributed by atoms with Crippen LogP contribution in [0, 0.1) is 18.6 Å². The van der Waals surface area contributed by atoms with Gasteiger partial charge >= 0.3 is 0 Å². The first-order valence-corrected chi connectivity index (χ1v) is 7.91. The third-order valence-electron chi connectivity index (χ3n) is 3.67. The molecule has 0 radical (unpaired) electrons. The van der Waals surface area contributed by atoms with Gasteiger partial charge in [-0.3, -0.25) is 4.79 Å². The van der Waals surface area contributed by atoms with Crippen molar-refractivity contribution in [1.82, 2.24) is 10.2 Å². The Balaban J connectivity index is 1.60. The van der Waals surface area contributed by atoms with E-state index in [9.17, 15) is 13.6 Å². The molecule has 0 spiro atoms. The molecule has 0 bridgehead atoms. The minimum absolute atomic E-state index is 0.0654. The summed E-state index contributed by atoms with van der Waals surface area (Å²) in [6.07, 6.45) is 0. The number of carbonyl (C=O) groups is 1. The molecule has 7 heteroatoms. The van der Waals surface area contributed by atoms with Gasteiger partial charge in [0.1, 0.15) is 5.82 Å². The minimum Gasteiger partial charge on any atom is -0.365 e. The van der Waals surface area contributed by atoms with Crippen LogP contribution >= 0.6 is 0 Å². The Bertz CT molecular complexity index is 912. The standard InChI is InChI=1S/C19H16F2N4O/c1-12-2-4-13(5-3-12)11-22-18-9-8-17(24-25-18)19(26)23-14-6-7-15(20)16(21)10-14/h2-10H,11H2,1H3,(H,22,25)(H,23,26). The fourth-order valence-electron chi connectivity index (χ4n) is 2.22. The zero-order chi connectivity index (χ0) is 18.5. The van der Waals surface area contributed by atoms with Gasteiger partial charge in [-0.2, -0.15) is 0 Å². The van der Waals surface area contributed by atoms with Crippen molar-refractivity contribution < 1.29 is 13.6 Å². The van der Waals surface area contributed by atoms with E-state index in [-0.39, 0.29) is 11.4 Å². The number of benzene rings is 2. The zero-order valence-corrected chi connectivity index (χ0v) is 14.0. The molecule has 3 rings (SSSR count). The van der Waals surface area contributed by atoms with E-state index in [4.69, 9.17) is 0 Å². The molecule has 1 aromatic heterocycles. The fourth-order valence-corrected chi connectivity index (χ4v) is 2.22. The van der Waals surface area contributed by atoms with Crippen LogP contribution < -0.4 is 10.6 Å². The Morgan fingerprint density at radius 3 is 2.38 bits per heavy atom. The van der Waals surface area contributed by atoms with Gasteiger partial charge in [0, 0.05) is 18.3 Å². The Hall–Kier alpha value is -3.35. The predicted molar refractivity (Wildman–Crippen MR) is 94.8 cm³/mol. The molecule has 0 aliphatic rings. The maximum Gasteiger partial charge on any atom is 0.276 e. The summed E-state index contributed by atoms with van der Waals surface area (Å²) in [7, 11) is 0. The van der Waals surface area contributed by atoms with Crippen molar-refractivity contribution in [3.8, 4) is 0 Å². The molecule has 0 unspecified atom stereocenters. The molecule has 132 valence electrons. The minimum atomic E-state index is -1.04. The van der Waals surface area contributed by atoms with Crippen LogP contribution in [0.4, 0.5) is 20.3 Å². The highest BCUT2D eigenvalue weighted by atomic mass is 19.2. The lowest BCUT2D eigenvalue weighted by Gasteiger charge is -2.07. The van der Waals surface area contributed by atoms with Crippen LogP contribution in [-0.4, -0.2) is 16.1 Å². The zero-order valence-electron chi connectivity index (χ0n) is 14.0. The average Bonchev–Trinajstić information content (AvgIpc) is 2.65. The van der Waals surface area contributed by atoms with E-state index in [0.717, 1.165) is 17.7 Å². The molecule has 0 saturated heterocycles. The van der Waals surface area contributed by atoms with Crippen molar-refractivity contribution in [2.75, 3.05) is 10.6 Å². The first kappa shape index (κ1) is 17.5. The number of amides is 1. The highest BCUT2D eigenvalue weighted by Crippen LogP contribution is 2.14. The Labute approximate surface area is 149 Å². The molecule has 0 aliphatic heterocycles. The van der Waals surface area contributed by atoms with Gasteiger partial charge in [-0.15, -0.1) is 10.2 Å². The maximum absolute atomic E-state index is 13.2. The third-order valence-corrected chi connectivity index (χ3v) is 3.67. The van der Waals surface area contributed by atoms with E-state index in [1.807, 2.05) is 31.2 Å². The van der Waals surface area contributed by atoms with Gasteiger partial charge in [0.25, 0.3) is 5.91 Å². The molecule has 1 heterocycles. The Morgan fingerprint density at radius 2 is 1.73 bits per heavy atom. The molecule has 2 aromatic carbocycles. The van der Waals surface area contributed by atoms with Crippen molar-refractivity contribution in [3.05, 3.63) is 83.1 Å². The first-order chi connectivity index (χ1) is 12.5. The lowest BCUT2D eigenvalue weighted by Crippen LogP contribution is -2.15. The number of aromatic nitrogens is 2. The molecule has 5 nitrogen and oxygen atoms in total. The average molecular weight is 354 g/mol. The predicted octanol–water partition coefficient (Wildman–Crippen LogP) is 3.93. The molecule has 0 saturated carbocycles. The summed E-state index contributed by atoms with van der Waals surface area (Å²) >= 11 is 0. The summed E-state index contributed by atoms with van der Waals surface area (Å²) in [6, 6.07) is 14.3. The van der Waals surface area contributed by atoms with Crippen molar-refractivity contribution >= 4 is 17.4 Å². The number of carbonyl (C=O) groups excluding carboxylic acids is 1. The summed E-state index contributed by atoms with van der Waals surface area (Å²) in [5.41, 5.74) is 2.48. The van der Waals surface area contributed by atoms with Gasteiger partial charge < -0.3 is 10.6 Å². The number of hydrogen-bond donors (Lipinski definition) is 2. The summed E-state index contributed by atoms with van der Waals surface area (Å²) in [4.78, 5) is 12.1. The normalized spacial score (nSPS) is 10.4. The molecule has 2 N–H and O–H groups in total. The highest BCUT2D eigenvalue weighted by molar-refractivity contribution is 6.02. The molecule has 0 aliphatic carbocycles. The SMILES string of the molecule is Cc1ccc(CNc2ccc(C(=O)Nc3ccc(F)c(F)c3)nn2)cc1. The number of hydrogen-bond acceptors (Lipinski definition) is 4. The number of halogens is 2. The van der Waals surface area contributed by atoms with Crippen LogP contribution in [0.15, 0.2) is 54.6 Å². The van der Waals surface area contributed by atoms with E-state index in [1.165, 1.54) is 17.7 Å². The van der Waals surface area contributed by atoms with Gasteiger partial charge in [-0.25, -0.2) is 8.78 Å². The number of rotatable bonds is 5. The lowest BCUT2D eigenvalue weighted by atomic mass is 10.1. The molecular weight excluding hydrogens is 338 g/mol. The van der Waals surface area contributed by atoms with Crippen LogP contribution in [0.2, 0.25) is 0 Å². The quantitative estimate of drug-likeness (QED) is 0.729. The van der Waals surface area contributed by atoms with Crippen LogP contribution in [0.3, 0.4) is 0 Å². The van der Waals surface area contributed by atoms with Gasteiger partial charge in [0.05, 0.1) is 0 Å². The van der Waals surface area contributed by atoms with E-state index >= 15 is 0 Å². The Morgan fingerprint density at radius 1 is 0.962 bits per heavy atom. The van der Waals surface area contributed by atoms with E-state index < -0.39 is 17.5 Å². The largest absolute Gasteiger partial charge is 0.365 e. The number of aryl methyl sites for hydroxylation is 1. The molecular formula is C19H16F2N4O. The van der Waals surface area contributed by atoms with Gasteiger partial charge in [0.2, 0.25) is 0 Å². The van der Waals surface area contributed by atoms with Gasteiger partial charge in [-0.1, -0.05) is 29.8 Å². The number of nitrogens with zero attached hydrogens (tertiary/aromatic N) is 2. The topological polar surface area (TPSA) is 66.9 Å². The van der Waals surface area contributed by atoms with E-state index in [0.29, 0.717) is 12.4 Å². The lowest BCUT2D eigenvalue weighted by molar-refractivity contribution is 0.102. The summed E-state index contributed by atoms with van der Waals surface area (Å²) < 4.78 is 26.1. The van der Waals surface area contributed by atoms with Crippen molar-refractivity contribution in [3.63, 3.8) is 0 Å². The van der Waals surface area contributed by atoms with Crippen LogP contribution in [0.5, 0.6) is 0 Å². The second kappa shape index (κ2) is 7.69. The summed E-state index contributed by atoms with van der Waals surface area (Å²) in [5, 5.41) is 13.4. The number of nitrogens with one attached hydrogen (secondary N) is 2. The first-order valence-electron chi connectivity index (χ1n) is 7.91. The maximum atomic E-state index is 13.2. The van der Waals surface area contributed by atoms with Crippen LogP contribution in [0.1, 0.15) is 21.6 Å². The third kappa shape index (κ3) is 4.38.